The van der Waals surface area contributed by atoms with Crippen molar-refractivity contribution in [3.63, 3.8) is 0 Å². The normalized spacial score (nSPS) is 36.8. The van der Waals surface area contributed by atoms with Crippen molar-refractivity contribution in [3.8, 4) is 0 Å². The predicted molar refractivity (Wildman–Crippen MR) is 60.8 cm³/mol. The second-order valence-electron chi connectivity index (χ2n) is 6.23. The molecular formula is C13H23NO. The van der Waals surface area contributed by atoms with Gasteiger partial charge in [-0.3, -0.25) is 0 Å². The van der Waals surface area contributed by atoms with Gasteiger partial charge in [-0.2, -0.15) is 0 Å². The summed E-state index contributed by atoms with van der Waals surface area (Å²) >= 11 is 0. The quantitative estimate of drug-likeness (QED) is 0.769. The summed E-state index contributed by atoms with van der Waals surface area (Å²) in [5.41, 5.74) is 1.17. The molecule has 0 aromatic carbocycles. The average Bonchev–Trinajstić information content (AvgIpc) is 3.09. The third-order valence-electron chi connectivity index (χ3n) is 5.31. The Hall–Kier alpha value is -0.0800. The molecule has 0 amide bonds. The van der Waals surface area contributed by atoms with E-state index in [-0.39, 0.29) is 0 Å². The first-order chi connectivity index (χ1) is 7.17. The van der Waals surface area contributed by atoms with Crippen molar-refractivity contribution in [3.05, 3.63) is 0 Å². The highest BCUT2D eigenvalue weighted by atomic mass is 16.5. The van der Waals surface area contributed by atoms with Crippen LogP contribution in [0.2, 0.25) is 0 Å². The first kappa shape index (κ1) is 10.1. The van der Waals surface area contributed by atoms with Crippen molar-refractivity contribution in [1.29, 1.82) is 0 Å². The van der Waals surface area contributed by atoms with Crippen LogP contribution in [0, 0.1) is 16.7 Å². The maximum atomic E-state index is 5.50. The zero-order chi connectivity index (χ0) is 10.5. The lowest BCUT2D eigenvalue weighted by Crippen LogP contribution is -2.25. The fraction of sp³-hybridized carbons (Fsp3) is 1.00. The van der Waals surface area contributed by atoms with Crippen LogP contribution in [0.1, 0.15) is 39.5 Å². The highest BCUT2D eigenvalue weighted by Crippen LogP contribution is 2.73. The Morgan fingerprint density at radius 3 is 2.47 bits per heavy atom. The molecule has 15 heavy (non-hydrogen) atoms. The largest absolute Gasteiger partial charge is 0.381 e. The van der Waals surface area contributed by atoms with Crippen LogP contribution in [0.3, 0.4) is 0 Å². The SMILES string of the molecule is CC1(C)C(CNC2CC2)C12CCOCC2. The van der Waals surface area contributed by atoms with Crippen molar-refractivity contribution < 1.29 is 4.74 Å². The Labute approximate surface area is 92.8 Å². The molecule has 3 fully saturated rings. The summed E-state index contributed by atoms with van der Waals surface area (Å²) in [5, 5.41) is 3.70. The second-order valence-corrected chi connectivity index (χ2v) is 6.23. The second kappa shape index (κ2) is 3.21. The first-order valence-corrected chi connectivity index (χ1v) is 6.48. The summed E-state index contributed by atoms with van der Waals surface area (Å²) in [6.45, 7) is 8.14. The zero-order valence-corrected chi connectivity index (χ0v) is 10.0. The number of hydrogen-bond acceptors (Lipinski definition) is 2. The van der Waals surface area contributed by atoms with E-state index in [0.717, 1.165) is 25.2 Å². The van der Waals surface area contributed by atoms with Gasteiger partial charge in [0.1, 0.15) is 0 Å². The summed E-state index contributed by atoms with van der Waals surface area (Å²) in [4.78, 5) is 0. The molecule has 1 aliphatic heterocycles. The smallest absolute Gasteiger partial charge is 0.0471 e. The van der Waals surface area contributed by atoms with Crippen LogP contribution in [0.5, 0.6) is 0 Å². The van der Waals surface area contributed by atoms with Crippen molar-refractivity contribution in [1.82, 2.24) is 5.32 Å². The van der Waals surface area contributed by atoms with Crippen LogP contribution in [0.25, 0.3) is 0 Å². The molecule has 1 atom stereocenters. The van der Waals surface area contributed by atoms with Crippen molar-refractivity contribution in [2.24, 2.45) is 16.7 Å². The van der Waals surface area contributed by atoms with Crippen LogP contribution in [-0.4, -0.2) is 25.8 Å². The minimum Gasteiger partial charge on any atom is -0.381 e. The Kier molecular flexibility index (Phi) is 2.16. The molecule has 2 aliphatic carbocycles. The van der Waals surface area contributed by atoms with Gasteiger partial charge in [-0.15, -0.1) is 0 Å². The molecule has 1 N–H and O–H groups in total. The van der Waals surface area contributed by atoms with E-state index in [1.165, 1.54) is 32.2 Å². The van der Waals surface area contributed by atoms with E-state index in [0.29, 0.717) is 10.8 Å². The summed E-state index contributed by atoms with van der Waals surface area (Å²) in [6.07, 6.45) is 5.39. The molecule has 0 bridgehead atoms. The summed E-state index contributed by atoms with van der Waals surface area (Å²) in [7, 11) is 0. The van der Waals surface area contributed by atoms with Gasteiger partial charge in [0.05, 0.1) is 0 Å². The van der Waals surface area contributed by atoms with E-state index in [2.05, 4.69) is 19.2 Å². The summed E-state index contributed by atoms with van der Waals surface area (Å²) in [5.74, 6) is 0.898. The van der Waals surface area contributed by atoms with E-state index in [9.17, 15) is 0 Å². The topological polar surface area (TPSA) is 21.3 Å². The Balaban J connectivity index is 1.62. The van der Waals surface area contributed by atoms with E-state index < -0.39 is 0 Å². The molecule has 2 nitrogen and oxygen atoms in total. The monoisotopic (exact) mass is 209 g/mol. The average molecular weight is 209 g/mol. The van der Waals surface area contributed by atoms with Crippen LogP contribution < -0.4 is 5.32 Å². The summed E-state index contributed by atoms with van der Waals surface area (Å²) in [6, 6.07) is 0.860. The van der Waals surface area contributed by atoms with Gasteiger partial charge in [0.15, 0.2) is 0 Å². The predicted octanol–water partition coefficient (Wildman–Crippen LogP) is 2.19. The lowest BCUT2D eigenvalue weighted by Gasteiger charge is -2.25. The Morgan fingerprint density at radius 1 is 1.20 bits per heavy atom. The molecule has 0 aromatic heterocycles. The van der Waals surface area contributed by atoms with Crippen molar-refractivity contribution in [2.75, 3.05) is 19.8 Å². The zero-order valence-electron chi connectivity index (χ0n) is 10.0. The van der Waals surface area contributed by atoms with Crippen LogP contribution >= 0.6 is 0 Å². The molecule has 3 rings (SSSR count). The standard InChI is InChI=1S/C13H23NO/c1-12(2)11(9-14-10-3-4-10)13(12)5-7-15-8-6-13/h10-11,14H,3-9H2,1-2H3. The molecule has 0 aromatic rings. The van der Waals surface area contributed by atoms with Gasteiger partial charge in [0, 0.05) is 19.3 Å². The van der Waals surface area contributed by atoms with Crippen molar-refractivity contribution >= 4 is 0 Å². The minimum atomic E-state index is 0.554. The molecule has 1 spiro atoms. The van der Waals surface area contributed by atoms with Gasteiger partial charge in [-0.05, 0) is 49.0 Å². The van der Waals surface area contributed by atoms with E-state index in [1.807, 2.05) is 0 Å². The molecule has 3 aliphatic rings. The van der Waals surface area contributed by atoms with Gasteiger partial charge in [0.25, 0.3) is 0 Å². The number of nitrogens with one attached hydrogen (secondary N) is 1. The van der Waals surface area contributed by atoms with Crippen LogP contribution in [0.4, 0.5) is 0 Å². The fourth-order valence-corrected chi connectivity index (χ4v) is 3.81. The van der Waals surface area contributed by atoms with E-state index >= 15 is 0 Å². The molecular weight excluding hydrogens is 186 g/mol. The molecule has 0 radical (unpaired) electrons. The van der Waals surface area contributed by atoms with Gasteiger partial charge in [-0.25, -0.2) is 0 Å². The fourth-order valence-electron chi connectivity index (χ4n) is 3.81. The number of ether oxygens (including phenoxy) is 1. The van der Waals surface area contributed by atoms with Gasteiger partial charge in [0.2, 0.25) is 0 Å². The third-order valence-corrected chi connectivity index (χ3v) is 5.31. The molecule has 2 heteroatoms. The van der Waals surface area contributed by atoms with E-state index in [4.69, 9.17) is 4.74 Å². The first-order valence-electron chi connectivity index (χ1n) is 6.48. The molecule has 1 unspecified atom stereocenters. The number of rotatable bonds is 3. The van der Waals surface area contributed by atoms with Gasteiger partial charge >= 0.3 is 0 Å². The van der Waals surface area contributed by atoms with Gasteiger partial charge < -0.3 is 10.1 Å². The van der Waals surface area contributed by atoms with Crippen LogP contribution in [-0.2, 0) is 4.74 Å². The summed E-state index contributed by atoms with van der Waals surface area (Å²) < 4.78 is 5.50. The lowest BCUT2D eigenvalue weighted by atomic mass is 9.88. The molecule has 1 saturated heterocycles. The number of hydrogen-bond donors (Lipinski definition) is 1. The highest BCUT2D eigenvalue weighted by molar-refractivity contribution is 5.18. The van der Waals surface area contributed by atoms with Crippen molar-refractivity contribution in [2.45, 2.75) is 45.6 Å². The van der Waals surface area contributed by atoms with E-state index in [1.54, 1.807) is 0 Å². The molecule has 2 saturated carbocycles. The van der Waals surface area contributed by atoms with Gasteiger partial charge in [-0.1, -0.05) is 13.8 Å². The highest BCUT2D eigenvalue weighted by Gasteiger charge is 2.69. The molecule has 1 heterocycles. The Morgan fingerprint density at radius 2 is 1.87 bits per heavy atom. The Bertz CT molecular complexity index is 251. The maximum Gasteiger partial charge on any atom is 0.0471 e. The lowest BCUT2D eigenvalue weighted by molar-refractivity contribution is 0.0415. The maximum absolute atomic E-state index is 5.50. The van der Waals surface area contributed by atoms with Crippen LogP contribution in [0.15, 0.2) is 0 Å². The minimum absolute atomic E-state index is 0.554. The molecule has 86 valence electrons. The third kappa shape index (κ3) is 1.45.